The lowest BCUT2D eigenvalue weighted by Crippen LogP contribution is -2.38. The highest BCUT2D eigenvalue weighted by Gasteiger charge is 2.38. The quantitative estimate of drug-likeness (QED) is 0.603. The Hall–Kier alpha value is -1.96. The van der Waals surface area contributed by atoms with Crippen LogP contribution >= 0.6 is 23.5 Å². The van der Waals surface area contributed by atoms with Crippen LogP contribution in [-0.4, -0.2) is 57.7 Å². The minimum Gasteiger partial charge on any atom is -0.473 e. The summed E-state index contributed by atoms with van der Waals surface area (Å²) < 4.78 is 0.234. The van der Waals surface area contributed by atoms with Gasteiger partial charge >= 0.3 is 11.9 Å². The van der Waals surface area contributed by atoms with E-state index in [0.29, 0.717) is 0 Å². The Bertz CT molecular complexity index is 860. The van der Waals surface area contributed by atoms with E-state index in [2.05, 4.69) is 96.0 Å². The van der Waals surface area contributed by atoms with E-state index in [4.69, 9.17) is 19.8 Å². The van der Waals surface area contributed by atoms with Crippen molar-refractivity contribution in [1.29, 1.82) is 0 Å². The van der Waals surface area contributed by atoms with Crippen molar-refractivity contribution in [2.45, 2.75) is 35.5 Å². The lowest BCUT2D eigenvalue weighted by atomic mass is 9.90. The van der Waals surface area contributed by atoms with E-state index in [0.717, 1.165) is 11.2 Å². The van der Waals surface area contributed by atoms with E-state index in [1.54, 1.807) is 0 Å². The second-order valence-electron chi connectivity index (χ2n) is 8.41. The Balaban J connectivity index is 0.000000427. The van der Waals surface area contributed by atoms with E-state index in [1.807, 2.05) is 0 Å². The van der Waals surface area contributed by atoms with Crippen molar-refractivity contribution in [3.63, 3.8) is 0 Å². The number of hydrogen-bond acceptors (Lipinski definition) is 5. The number of piperidine rings is 1. The van der Waals surface area contributed by atoms with Crippen LogP contribution in [0.15, 0.2) is 60.7 Å². The Morgan fingerprint density at radius 2 is 1.53 bits per heavy atom. The Labute approximate surface area is 198 Å². The van der Waals surface area contributed by atoms with Crippen LogP contribution in [0, 0.1) is 5.92 Å². The molecule has 2 aromatic rings. The van der Waals surface area contributed by atoms with Gasteiger partial charge in [-0.15, -0.1) is 23.5 Å². The van der Waals surface area contributed by atoms with Crippen molar-refractivity contribution in [2.75, 3.05) is 25.4 Å². The van der Waals surface area contributed by atoms with E-state index in [-0.39, 0.29) is 4.08 Å². The molecule has 2 atom stereocenters. The summed E-state index contributed by atoms with van der Waals surface area (Å²) in [6, 6.07) is 22.1. The first-order valence-corrected chi connectivity index (χ1v) is 12.8. The fraction of sp³-hybridized carbons (Fsp3) is 0.440. The zero-order valence-electron chi connectivity index (χ0n) is 18.4. The van der Waals surface area contributed by atoms with Gasteiger partial charge in [0.2, 0.25) is 0 Å². The predicted octanol–water partition coefficient (Wildman–Crippen LogP) is 4.82. The van der Waals surface area contributed by atoms with Crippen molar-refractivity contribution < 1.29 is 19.8 Å². The molecule has 172 valence electrons. The molecule has 0 spiro atoms. The summed E-state index contributed by atoms with van der Waals surface area (Å²) in [5.41, 5.74) is 2.98. The molecule has 32 heavy (non-hydrogen) atoms. The second kappa shape index (κ2) is 11.8. The second-order valence-corrected chi connectivity index (χ2v) is 11.8. The topological polar surface area (TPSA) is 77.8 Å². The number of carbonyl (C=O) groups is 2. The summed E-state index contributed by atoms with van der Waals surface area (Å²) in [5.74, 6) is -1.50. The molecule has 2 aliphatic rings. The lowest BCUT2D eigenvalue weighted by Gasteiger charge is -2.33. The Morgan fingerprint density at radius 1 is 0.969 bits per heavy atom. The molecule has 2 aromatic carbocycles. The van der Waals surface area contributed by atoms with Crippen LogP contribution < -0.4 is 0 Å². The normalized spacial score (nSPS) is 23.8. The number of likely N-dealkylation sites (tertiary alicyclic amines) is 1. The maximum Gasteiger partial charge on any atom is 0.414 e. The number of aliphatic carboxylic acids is 2. The van der Waals surface area contributed by atoms with Crippen LogP contribution in [0.4, 0.5) is 0 Å². The molecule has 0 bridgehead atoms. The standard InChI is InChI=1S/C23H29NS2.C2H2O4/c1-23(21-10-6-3-7-11-21)25-18-22(26-23)17-24-14-12-20(13-15-24)16-19-8-4-2-5-9-19;3-1(4)2(5)6/h2-11,20,22H,12-18H2,1H3;(H,3,4)(H,5,6)/t22-,23-;/m0./s1. The maximum absolute atomic E-state index is 9.10. The van der Waals surface area contributed by atoms with Crippen LogP contribution in [0.25, 0.3) is 0 Å². The fourth-order valence-electron chi connectivity index (χ4n) is 4.23. The summed E-state index contributed by atoms with van der Waals surface area (Å²) in [6.45, 7) is 6.23. The first kappa shape index (κ1) is 24.7. The Kier molecular flexibility index (Phi) is 9.08. The lowest BCUT2D eigenvalue weighted by molar-refractivity contribution is -0.159. The van der Waals surface area contributed by atoms with Crippen molar-refractivity contribution in [1.82, 2.24) is 4.90 Å². The summed E-state index contributed by atoms with van der Waals surface area (Å²) >= 11 is 4.32. The fourth-order valence-corrected chi connectivity index (χ4v) is 7.70. The number of carboxylic acids is 2. The van der Waals surface area contributed by atoms with Crippen LogP contribution in [0.2, 0.25) is 0 Å². The van der Waals surface area contributed by atoms with Gasteiger partial charge in [-0.1, -0.05) is 60.7 Å². The molecule has 2 heterocycles. The third kappa shape index (κ3) is 7.29. The van der Waals surface area contributed by atoms with Crippen molar-refractivity contribution >= 4 is 35.5 Å². The minimum atomic E-state index is -1.82. The predicted molar refractivity (Wildman–Crippen MR) is 132 cm³/mol. The van der Waals surface area contributed by atoms with Gasteiger partial charge in [0.25, 0.3) is 0 Å². The average molecular weight is 474 g/mol. The molecular weight excluding hydrogens is 442 g/mol. The summed E-state index contributed by atoms with van der Waals surface area (Å²) in [4.78, 5) is 20.9. The van der Waals surface area contributed by atoms with Crippen molar-refractivity contribution in [3.8, 4) is 0 Å². The highest BCUT2D eigenvalue weighted by atomic mass is 32.2. The average Bonchev–Trinajstić information content (AvgIpc) is 3.18. The largest absolute Gasteiger partial charge is 0.473 e. The summed E-state index contributed by atoms with van der Waals surface area (Å²) in [6.07, 6.45) is 3.97. The van der Waals surface area contributed by atoms with Crippen molar-refractivity contribution in [2.24, 2.45) is 5.92 Å². The number of hydrogen-bond donors (Lipinski definition) is 2. The first-order valence-electron chi connectivity index (χ1n) is 11.0. The van der Waals surface area contributed by atoms with Gasteiger partial charge in [-0.05, 0) is 56.3 Å². The highest BCUT2D eigenvalue weighted by Crippen LogP contribution is 2.54. The summed E-state index contributed by atoms with van der Waals surface area (Å²) in [7, 11) is 0. The van der Waals surface area contributed by atoms with Crippen LogP contribution in [0.3, 0.4) is 0 Å². The molecule has 2 fully saturated rings. The first-order chi connectivity index (χ1) is 15.4. The van der Waals surface area contributed by atoms with Gasteiger partial charge in [-0.25, -0.2) is 9.59 Å². The minimum absolute atomic E-state index is 0.234. The van der Waals surface area contributed by atoms with E-state index in [9.17, 15) is 0 Å². The molecule has 5 nitrogen and oxygen atoms in total. The molecule has 0 aromatic heterocycles. The molecule has 0 saturated carbocycles. The number of nitrogens with zero attached hydrogens (tertiary/aromatic N) is 1. The third-order valence-electron chi connectivity index (χ3n) is 5.95. The maximum atomic E-state index is 9.10. The van der Waals surface area contributed by atoms with Gasteiger partial charge in [0.1, 0.15) is 0 Å². The zero-order chi connectivity index (χ0) is 23.0. The molecular formula is C25H31NO4S2. The van der Waals surface area contributed by atoms with Gasteiger partial charge in [-0.3, -0.25) is 0 Å². The molecule has 0 aliphatic carbocycles. The van der Waals surface area contributed by atoms with Gasteiger partial charge in [0.15, 0.2) is 0 Å². The number of benzene rings is 2. The molecule has 2 N–H and O–H groups in total. The molecule has 2 aliphatic heterocycles. The van der Waals surface area contributed by atoms with E-state index >= 15 is 0 Å². The molecule has 0 radical (unpaired) electrons. The Morgan fingerprint density at radius 3 is 2.09 bits per heavy atom. The van der Waals surface area contributed by atoms with Crippen molar-refractivity contribution in [3.05, 3.63) is 71.8 Å². The molecule has 0 amide bonds. The molecule has 4 rings (SSSR count). The monoisotopic (exact) mass is 473 g/mol. The molecule has 0 unspecified atom stereocenters. The SMILES string of the molecule is C[C@]1(c2ccccc2)SC[C@H](CN2CCC(Cc3ccccc3)CC2)S1.O=C(O)C(=O)O. The van der Waals surface area contributed by atoms with Gasteiger partial charge < -0.3 is 15.1 Å². The molecule has 7 heteroatoms. The summed E-state index contributed by atoms with van der Waals surface area (Å²) in [5, 5.41) is 15.5. The van der Waals surface area contributed by atoms with Crippen LogP contribution in [-0.2, 0) is 20.1 Å². The number of thioether (sulfide) groups is 2. The van der Waals surface area contributed by atoms with Gasteiger partial charge in [-0.2, -0.15) is 0 Å². The van der Waals surface area contributed by atoms with E-state index < -0.39 is 11.9 Å². The van der Waals surface area contributed by atoms with Gasteiger partial charge in [0, 0.05) is 17.5 Å². The molecule has 2 saturated heterocycles. The smallest absolute Gasteiger partial charge is 0.414 e. The van der Waals surface area contributed by atoms with Gasteiger partial charge in [0.05, 0.1) is 4.08 Å². The van der Waals surface area contributed by atoms with E-state index in [1.165, 1.54) is 55.8 Å². The van der Waals surface area contributed by atoms with Crippen LogP contribution in [0.5, 0.6) is 0 Å². The zero-order valence-corrected chi connectivity index (χ0v) is 20.0. The van der Waals surface area contributed by atoms with Crippen LogP contribution in [0.1, 0.15) is 30.9 Å². The number of carboxylic acid groups (broad SMARTS) is 2. The third-order valence-corrected chi connectivity index (χ3v) is 9.50. The highest BCUT2D eigenvalue weighted by molar-refractivity contribution is 8.20. The number of rotatable bonds is 5.